The number of carbonyl (C=O) groups excluding carboxylic acids is 1. The standard InChI is InChI=1S/C20H27N5OS/c1-12-16(11-25(2)24-12)3-4-17(26)21-19-23-22-18(27-19)20-8-13-5-14(9-20)7-15(6-13)10-20/h11,13-15H,3-10H2,1-2H3,(H,21,23,26). The minimum Gasteiger partial charge on any atom is -0.301 e. The highest BCUT2D eigenvalue weighted by molar-refractivity contribution is 7.15. The molecule has 2 aromatic heterocycles. The van der Waals surface area contributed by atoms with Crippen LogP contribution in [0.25, 0.3) is 0 Å². The van der Waals surface area contributed by atoms with Crippen LogP contribution in [0.3, 0.4) is 0 Å². The van der Waals surface area contributed by atoms with Gasteiger partial charge >= 0.3 is 0 Å². The monoisotopic (exact) mass is 385 g/mol. The fourth-order valence-electron chi connectivity index (χ4n) is 6.18. The summed E-state index contributed by atoms with van der Waals surface area (Å²) in [7, 11) is 1.91. The molecule has 2 heterocycles. The van der Waals surface area contributed by atoms with E-state index in [0.29, 0.717) is 18.0 Å². The second-order valence-electron chi connectivity index (χ2n) is 9.07. The van der Waals surface area contributed by atoms with Gasteiger partial charge in [0.1, 0.15) is 5.01 Å². The van der Waals surface area contributed by atoms with Gasteiger partial charge in [-0.1, -0.05) is 11.3 Å². The number of aromatic nitrogens is 4. The Hall–Kier alpha value is -1.76. The lowest BCUT2D eigenvalue weighted by atomic mass is 9.50. The number of nitrogens with zero attached hydrogens (tertiary/aromatic N) is 4. The van der Waals surface area contributed by atoms with E-state index in [-0.39, 0.29) is 11.3 Å². The molecule has 0 saturated heterocycles. The summed E-state index contributed by atoms with van der Waals surface area (Å²) in [6.07, 6.45) is 11.2. The first-order valence-electron chi connectivity index (χ1n) is 10.1. The lowest BCUT2D eigenvalue weighted by molar-refractivity contribution is -0.116. The minimum absolute atomic E-state index is 0.00599. The fraction of sp³-hybridized carbons (Fsp3) is 0.700. The molecule has 0 atom stereocenters. The Morgan fingerprint density at radius 3 is 2.48 bits per heavy atom. The molecule has 6 rings (SSSR count). The van der Waals surface area contributed by atoms with Crippen molar-refractivity contribution in [3.63, 3.8) is 0 Å². The highest BCUT2D eigenvalue weighted by Gasteiger charge is 2.53. The lowest BCUT2D eigenvalue weighted by Gasteiger charge is -2.55. The number of nitrogens with one attached hydrogen (secondary N) is 1. The Balaban J connectivity index is 1.23. The molecule has 6 nitrogen and oxygen atoms in total. The first kappa shape index (κ1) is 17.3. The van der Waals surface area contributed by atoms with Crippen LogP contribution in [0.1, 0.15) is 61.2 Å². The first-order chi connectivity index (χ1) is 13.0. The van der Waals surface area contributed by atoms with Crippen LogP contribution in [0.15, 0.2) is 6.20 Å². The molecule has 4 fully saturated rings. The summed E-state index contributed by atoms with van der Waals surface area (Å²) in [4.78, 5) is 12.4. The second-order valence-corrected chi connectivity index (χ2v) is 10.0. The highest BCUT2D eigenvalue weighted by Crippen LogP contribution is 2.61. The van der Waals surface area contributed by atoms with Crippen molar-refractivity contribution in [1.29, 1.82) is 0 Å². The Labute approximate surface area is 163 Å². The van der Waals surface area contributed by atoms with Crippen LogP contribution in [0.5, 0.6) is 0 Å². The minimum atomic E-state index is 0.00599. The van der Waals surface area contributed by atoms with Crippen molar-refractivity contribution in [2.75, 3.05) is 5.32 Å². The summed E-state index contributed by atoms with van der Waals surface area (Å²) in [6, 6.07) is 0. The van der Waals surface area contributed by atoms with E-state index in [0.717, 1.165) is 29.0 Å². The number of carbonyl (C=O) groups is 1. The zero-order valence-electron chi connectivity index (χ0n) is 16.1. The maximum Gasteiger partial charge on any atom is 0.226 e. The Bertz CT molecular complexity index is 834. The zero-order valence-corrected chi connectivity index (χ0v) is 16.9. The zero-order chi connectivity index (χ0) is 18.6. The molecule has 4 aliphatic rings. The van der Waals surface area contributed by atoms with Crippen molar-refractivity contribution < 1.29 is 4.79 Å². The van der Waals surface area contributed by atoms with Crippen LogP contribution < -0.4 is 5.32 Å². The van der Waals surface area contributed by atoms with E-state index in [4.69, 9.17) is 0 Å². The maximum absolute atomic E-state index is 12.4. The van der Waals surface area contributed by atoms with E-state index < -0.39 is 0 Å². The van der Waals surface area contributed by atoms with E-state index in [1.807, 2.05) is 20.2 Å². The van der Waals surface area contributed by atoms with E-state index >= 15 is 0 Å². The van der Waals surface area contributed by atoms with Crippen LogP contribution in [0.2, 0.25) is 0 Å². The van der Waals surface area contributed by atoms with Crippen LogP contribution in [0.4, 0.5) is 5.13 Å². The smallest absolute Gasteiger partial charge is 0.226 e. The Kier molecular flexibility index (Phi) is 4.11. The number of hydrogen-bond donors (Lipinski definition) is 1. The van der Waals surface area contributed by atoms with Gasteiger partial charge in [-0.25, -0.2) is 0 Å². The number of amides is 1. The summed E-state index contributed by atoms with van der Waals surface area (Å²) in [6.45, 7) is 1.98. The number of aryl methyl sites for hydroxylation is 3. The first-order valence-corrected chi connectivity index (χ1v) is 10.9. The fourth-order valence-corrected chi connectivity index (χ4v) is 7.16. The average Bonchev–Trinajstić information content (AvgIpc) is 3.18. The summed E-state index contributed by atoms with van der Waals surface area (Å²) in [5, 5.41) is 18.0. The predicted molar refractivity (Wildman–Crippen MR) is 105 cm³/mol. The molecule has 144 valence electrons. The van der Waals surface area contributed by atoms with Crippen molar-refractivity contribution in [3.05, 3.63) is 22.5 Å². The van der Waals surface area contributed by atoms with E-state index in [2.05, 4.69) is 20.6 Å². The number of anilines is 1. The molecule has 4 bridgehead atoms. The molecule has 4 aliphatic carbocycles. The molecule has 1 amide bonds. The Morgan fingerprint density at radius 1 is 1.22 bits per heavy atom. The highest BCUT2D eigenvalue weighted by atomic mass is 32.1. The van der Waals surface area contributed by atoms with Crippen LogP contribution in [-0.4, -0.2) is 25.9 Å². The molecule has 4 saturated carbocycles. The third-order valence-corrected chi connectivity index (χ3v) is 7.98. The third-order valence-electron chi connectivity index (χ3n) is 6.90. The van der Waals surface area contributed by atoms with Gasteiger partial charge in [0.15, 0.2) is 0 Å². The van der Waals surface area contributed by atoms with Gasteiger partial charge in [-0.2, -0.15) is 5.10 Å². The van der Waals surface area contributed by atoms with E-state index in [1.54, 1.807) is 16.0 Å². The van der Waals surface area contributed by atoms with Gasteiger partial charge < -0.3 is 5.32 Å². The van der Waals surface area contributed by atoms with Gasteiger partial charge in [0.25, 0.3) is 0 Å². The summed E-state index contributed by atoms with van der Waals surface area (Å²) < 4.78 is 1.80. The molecule has 0 unspecified atom stereocenters. The topological polar surface area (TPSA) is 72.7 Å². The van der Waals surface area contributed by atoms with E-state index in [9.17, 15) is 4.79 Å². The predicted octanol–water partition coefficient (Wildman–Crippen LogP) is 3.62. The third kappa shape index (κ3) is 3.20. The largest absolute Gasteiger partial charge is 0.301 e. The van der Waals surface area contributed by atoms with Gasteiger partial charge in [-0.05, 0) is 75.2 Å². The summed E-state index contributed by atoms with van der Waals surface area (Å²) in [5.41, 5.74) is 2.37. The SMILES string of the molecule is Cc1nn(C)cc1CCC(=O)Nc1nnc(C23CC4CC(CC(C4)C2)C3)s1. The molecule has 0 aromatic carbocycles. The molecule has 1 N–H and O–H groups in total. The van der Waals surface area contributed by atoms with Crippen molar-refractivity contribution in [3.8, 4) is 0 Å². The van der Waals surface area contributed by atoms with Gasteiger partial charge in [0, 0.05) is 25.1 Å². The van der Waals surface area contributed by atoms with Gasteiger partial charge in [-0.15, -0.1) is 10.2 Å². The van der Waals surface area contributed by atoms with Crippen LogP contribution in [-0.2, 0) is 23.7 Å². The quantitative estimate of drug-likeness (QED) is 0.853. The van der Waals surface area contributed by atoms with Crippen LogP contribution >= 0.6 is 11.3 Å². The molecule has 0 spiro atoms. The molecular formula is C20H27N5OS. The van der Waals surface area contributed by atoms with Crippen molar-refractivity contribution in [1.82, 2.24) is 20.0 Å². The molecule has 2 aromatic rings. The normalized spacial score (nSPS) is 31.4. The molecular weight excluding hydrogens is 358 g/mol. The van der Waals surface area contributed by atoms with Crippen molar-refractivity contribution in [2.24, 2.45) is 24.8 Å². The van der Waals surface area contributed by atoms with Gasteiger partial charge in [0.05, 0.1) is 5.69 Å². The average molecular weight is 386 g/mol. The van der Waals surface area contributed by atoms with Crippen molar-refractivity contribution >= 4 is 22.4 Å². The molecule has 0 radical (unpaired) electrons. The molecule has 0 aliphatic heterocycles. The van der Waals surface area contributed by atoms with E-state index in [1.165, 1.54) is 43.5 Å². The van der Waals surface area contributed by atoms with Gasteiger partial charge in [0.2, 0.25) is 11.0 Å². The lowest BCUT2D eigenvalue weighted by Crippen LogP contribution is -2.48. The molecule has 7 heteroatoms. The summed E-state index contributed by atoms with van der Waals surface area (Å²) in [5.74, 6) is 2.68. The Morgan fingerprint density at radius 2 is 1.89 bits per heavy atom. The second kappa shape index (κ2) is 6.40. The number of hydrogen-bond acceptors (Lipinski definition) is 5. The maximum atomic E-state index is 12.4. The summed E-state index contributed by atoms with van der Waals surface area (Å²) >= 11 is 1.61. The molecule has 27 heavy (non-hydrogen) atoms. The number of rotatable bonds is 5. The van der Waals surface area contributed by atoms with Crippen molar-refractivity contribution in [2.45, 2.75) is 63.7 Å². The van der Waals surface area contributed by atoms with Crippen LogP contribution in [0, 0.1) is 24.7 Å². The van der Waals surface area contributed by atoms with Gasteiger partial charge in [-0.3, -0.25) is 9.48 Å².